The number of anilines is 1. The van der Waals surface area contributed by atoms with Crippen LogP contribution in [0, 0.1) is 5.92 Å². The summed E-state index contributed by atoms with van der Waals surface area (Å²) >= 11 is 5.87. The van der Waals surface area contributed by atoms with Gasteiger partial charge in [-0.2, -0.15) is 0 Å². The molecule has 1 aromatic carbocycles. The molecule has 37 heavy (non-hydrogen) atoms. The number of nitrogens with zero attached hydrogens (tertiary/aromatic N) is 5. The number of rotatable bonds is 13. The topological polar surface area (TPSA) is 140 Å². The summed E-state index contributed by atoms with van der Waals surface area (Å²) < 4.78 is 53.3. The van der Waals surface area contributed by atoms with Gasteiger partial charge in [-0.05, 0) is 25.0 Å². The van der Waals surface area contributed by atoms with Gasteiger partial charge < -0.3 is 18.9 Å². The number of benzene rings is 1. The van der Waals surface area contributed by atoms with E-state index in [-0.39, 0.29) is 24.3 Å². The third-order valence-electron chi connectivity index (χ3n) is 5.34. The Morgan fingerprint density at radius 2 is 1.65 bits per heavy atom. The number of halogens is 1. The number of para-hydroxylation sites is 1. The lowest BCUT2D eigenvalue weighted by atomic mass is 10.2. The molecule has 0 fully saturated rings. The lowest BCUT2D eigenvalue weighted by Gasteiger charge is -2.23. The third kappa shape index (κ3) is 6.66. The number of ether oxygens (including phenoxy) is 4. The van der Waals surface area contributed by atoms with E-state index in [1.165, 1.54) is 45.2 Å². The zero-order valence-electron chi connectivity index (χ0n) is 21.5. The maximum atomic E-state index is 13.5. The molecule has 0 aliphatic carbocycles. The Kier molecular flexibility index (Phi) is 9.65. The number of hydrogen-bond donors (Lipinski definition) is 1. The Bertz CT molecular complexity index is 1260. The van der Waals surface area contributed by atoms with Crippen molar-refractivity contribution < 1.29 is 27.4 Å². The predicted molar refractivity (Wildman–Crippen MR) is 138 cm³/mol. The van der Waals surface area contributed by atoms with Crippen molar-refractivity contribution in [1.82, 2.24) is 24.7 Å². The summed E-state index contributed by atoms with van der Waals surface area (Å²) in [6.07, 6.45) is 1.76. The summed E-state index contributed by atoms with van der Waals surface area (Å²) in [7, 11) is 0.267. The van der Waals surface area contributed by atoms with Crippen molar-refractivity contribution in [3.8, 4) is 17.2 Å². The van der Waals surface area contributed by atoms with Gasteiger partial charge in [-0.1, -0.05) is 31.5 Å². The van der Waals surface area contributed by atoms with E-state index in [4.69, 9.17) is 30.5 Å². The van der Waals surface area contributed by atoms with Crippen LogP contribution in [-0.2, 0) is 26.1 Å². The maximum Gasteiger partial charge on any atom is 0.243 e. The van der Waals surface area contributed by atoms with E-state index in [2.05, 4.69) is 24.9 Å². The number of nitrogens with one attached hydrogen (secondary N) is 1. The molecular formula is C23H31ClN6O6S. The first-order chi connectivity index (χ1) is 17.6. The van der Waals surface area contributed by atoms with Crippen LogP contribution in [0.5, 0.6) is 11.5 Å². The highest BCUT2D eigenvalue weighted by molar-refractivity contribution is 7.93. The summed E-state index contributed by atoms with van der Waals surface area (Å²) in [5.41, 5.74) is 0.412. The Balaban J connectivity index is 2.04. The molecule has 12 nitrogen and oxygen atoms in total. The lowest BCUT2D eigenvalue weighted by molar-refractivity contribution is 0.0913. The molecule has 2 aromatic heterocycles. The van der Waals surface area contributed by atoms with E-state index in [9.17, 15) is 8.42 Å². The summed E-state index contributed by atoms with van der Waals surface area (Å²) in [6, 6.07) is 5.19. The monoisotopic (exact) mass is 554 g/mol. The Hall–Kier alpha value is -3.00. The van der Waals surface area contributed by atoms with Crippen LogP contribution in [0.15, 0.2) is 30.6 Å². The van der Waals surface area contributed by atoms with Gasteiger partial charge in [-0.3, -0.25) is 9.29 Å². The predicted octanol–water partition coefficient (Wildman–Crippen LogP) is 3.42. The normalized spacial score (nSPS) is 13.4. The van der Waals surface area contributed by atoms with Crippen LogP contribution in [-0.4, -0.2) is 66.3 Å². The van der Waals surface area contributed by atoms with Crippen LogP contribution in [0.3, 0.4) is 0 Å². The average molecular weight is 555 g/mol. The van der Waals surface area contributed by atoms with E-state index in [0.717, 1.165) is 0 Å². The fourth-order valence-electron chi connectivity index (χ4n) is 3.51. The first-order valence-electron chi connectivity index (χ1n) is 11.4. The number of methoxy groups -OCH3 is 3. The minimum Gasteiger partial charge on any atom is -0.494 e. The highest BCUT2D eigenvalue weighted by Gasteiger charge is 2.35. The summed E-state index contributed by atoms with van der Waals surface area (Å²) in [5.74, 6) is 1.56. The smallest absolute Gasteiger partial charge is 0.243 e. The van der Waals surface area contributed by atoms with E-state index in [1.807, 2.05) is 13.8 Å². The Labute approximate surface area is 221 Å². The van der Waals surface area contributed by atoms with Gasteiger partial charge in [-0.15, -0.1) is 10.2 Å². The zero-order chi connectivity index (χ0) is 27.2. The van der Waals surface area contributed by atoms with Gasteiger partial charge in [0.25, 0.3) is 0 Å². The molecule has 0 unspecified atom stereocenters. The summed E-state index contributed by atoms with van der Waals surface area (Å²) in [6.45, 7) is 6.07. The molecule has 14 heteroatoms. The summed E-state index contributed by atoms with van der Waals surface area (Å²) in [4.78, 5) is 8.22. The van der Waals surface area contributed by atoms with Gasteiger partial charge in [0.15, 0.2) is 11.6 Å². The second-order valence-corrected chi connectivity index (χ2v) is 10.9. The molecule has 0 saturated carbocycles. The van der Waals surface area contributed by atoms with Gasteiger partial charge in [0.1, 0.15) is 35.1 Å². The molecule has 2 atom stereocenters. The van der Waals surface area contributed by atoms with E-state index in [0.29, 0.717) is 34.6 Å². The largest absolute Gasteiger partial charge is 0.494 e. The van der Waals surface area contributed by atoms with Crippen molar-refractivity contribution in [2.45, 2.75) is 38.7 Å². The van der Waals surface area contributed by atoms with E-state index < -0.39 is 21.4 Å². The van der Waals surface area contributed by atoms with Crippen molar-refractivity contribution in [1.29, 1.82) is 0 Å². The molecule has 0 aliphatic heterocycles. The third-order valence-corrected chi connectivity index (χ3v) is 7.22. The highest BCUT2D eigenvalue weighted by Crippen LogP contribution is 2.36. The standard InChI is InChI=1S/C23H31ClN6O6S/c1-14(2)12-36-13-19-27-28-23(30(19)20-17(33-4)8-7-9-18(20)34-5)29-37(31,32)15(3)21(35-6)22-25-10-16(24)11-26-22/h7-11,14-15,21H,12-13H2,1-6H3,(H,28,29)/t15-,21-/m0/s1. The summed E-state index contributed by atoms with van der Waals surface area (Å²) in [5, 5.41) is 7.51. The van der Waals surface area contributed by atoms with Crippen LogP contribution >= 0.6 is 11.6 Å². The zero-order valence-corrected chi connectivity index (χ0v) is 23.1. The fraction of sp³-hybridized carbons (Fsp3) is 0.478. The molecular weight excluding hydrogens is 524 g/mol. The molecule has 202 valence electrons. The van der Waals surface area contributed by atoms with Crippen molar-refractivity contribution in [3.05, 3.63) is 47.3 Å². The number of aromatic nitrogens is 5. The van der Waals surface area contributed by atoms with Gasteiger partial charge in [-0.25, -0.2) is 18.4 Å². The quantitative estimate of drug-likeness (QED) is 0.334. The SMILES string of the molecule is COc1cccc(OC)c1-n1c(COCC(C)C)nnc1NS(=O)(=O)[C@@H](C)[C@H](OC)c1ncc(Cl)cn1. The van der Waals surface area contributed by atoms with Crippen LogP contribution in [0.1, 0.15) is 38.5 Å². The molecule has 1 N–H and O–H groups in total. The lowest BCUT2D eigenvalue weighted by Crippen LogP contribution is -2.33. The van der Waals surface area contributed by atoms with Crippen LogP contribution < -0.4 is 14.2 Å². The molecule has 0 spiro atoms. The van der Waals surface area contributed by atoms with Crippen LogP contribution in [0.2, 0.25) is 5.02 Å². The van der Waals surface area contributed by atoms with Gasteiger partial charge in [0.05, 0.1) is 19.2 Å². The van der Waals surface area contributed by atoms with Gasteiger partial charge >= 0.3 is 0 Å². The molecule has 2 heterocycles. The first kappa shape index (κ1) is 28.6. The second kappa shape index (κ2) is 12.5. The fourth-order valence-corrected chi connectivity index (χ4v) is 4.74. The highest BCUT2D eigenvalue weighted by atomic mass is 35.5. The van der Waals surface area contributed by atoms with Crippen LogP contribution in [0.4, 0.5) is 5.95 Å². The number of hydrogen-bond acceptors (Lipinski definition) is 10. The average Bonchev–Trinajstić information content (AvgIpc) is 3.25. The second-order valence-electron chi connectivity index (χ2n) is 8.46. The minimum absolute atomic E-state index is 0.0724. The maximum absolute atomic E-state index is 13.5. The van der Waals surface area contributed by atoms with E-state index in [1.54, 1.807) is 18.2 Å². The molecule has 0 aliphatic rings. The molecule has 3 aromatic rings. The molecule has 0 bridgehead atoms. The Morgan fingerprint density at radius 1 is 1.03 bits per heavy atom. The van der Waals surface area contributed by atoms with Crippen LogP contribution in [0.25, 0.3) is 5.69 Å². The van der Waals surface area contributed by atoms with Crippen molar-refractivity contribution in [2.75, 3.05) is 32.7 Å². The first-order valence-corrected chi connectivity index (χ1v) is 13.3. The molecule has 0 radical (unpaired) electrons. The number of sulfonamides is 1. The molecule has 3 rings (SSSR count). The Morgan fingerprint density at radius 3 is 2.19 bits per heavy atom. The minimum atomic E-state index is -4.11. The van der Waals surface area contributed by atoms with Crippen molar-refractivity contribution >= 4 is 27.6 Å². The van der Waals surface area contributed by atoms with E-state index >= 15 is 0 Å². The van der Waals surface area contributed by atoms with Crippen molar-refractivity contribution in [2.24, 2.45) is 5.92 Å². The molecule has 0 amide bonds. The van der Waals surface area contributed by atoms with Gasteiger partial charge in [0, 0.05) is 26.1 Å². The van der Waals surface area contributed by atoms with Gasteiger partial charge in [0.2, 0.25) is 16.0 Å². The van der Waals surface area contributed by atoms with Crippen molar-refractivity contribution in [3.63, 3.8) is 0 Å². The molecule has 0 saturated heterocycles.